The summed E-state index contributed by atoms with van der Waals surface area (Å²) in [5, 5.41) is 3.21. The lowest BCUT2D eigenvalue weighted by molar-refractivity contribution is 0.0941. The molecular formula is C25H25NO2. The lowest BCUT2D eigenvalue weighted by Crippen LogP contribution is -2.39. The number of furan rings is 1. The predicted octanol–water partition coefficient (Wildman–Crippen LogP) is 5.23. The molecule has 1 atom stereocenters. The SMILES string of the molecule is Cc1oc(C)c(C(=O)NCC2CC3c4ccccc4C2c2ccccc23)c1C. The quantitative estimate of drug-likeness (QED) is 0.685. The minimum Gasteiger partial charge on any atom is -0.466 e. The zero-order chi connectivity index (χ0) is 19.4. The average molecular weight is 371 g/mol. The van der Waals surface area contributed by atoms with Gasteiger partial charge in [0.2, 0.25) is 0 Å². The van der Waals surface area contributed by atoms with Crippen LogP contribution in [0.4, 0.5) is 0 Å². The molecule has 3 aromatic rings. The Kier molecular flexibility index (Phi) is 3.94. The first-order valence-electron chi connectivity index (χ1n) is 10.1. The van der Waals surface area contributed by atoms with Crippen LogP contribution in [0.25, 0.3) is 0 Å². The number of hydrogen-bond acceptors (Lipinski definition) is 2. The standard InChI is InChI=1S/C25H25NO2/c1-14-15(2)28-16(3)23(14)25(27)26-13-17-12-22-18-8-4-6-10-20(18)24(17)21-11-7-5-9-19(21)22/h4-11,17,22,24H,12-13H2,1-3H3,(H,26,27). The van der Waals surface area contributed by atoms with Crippen molar-refractivity contribution in [3.05, 3.63) is 93.4 Å². The van der Waals surface area contributed by atoms with Gasteiger partial charge < -0.3 is 9.73 Å². The average Bonchev–Trinajstić information content (AvgIpc) is 2.98. The number of carbonyl (C=O) groups excluding carboxylic acids is 1. The van der Waals surface area contributed by atoms with Crippen LogP contribution in [-0.2, 0) is 0 Å². The summed E-state index contributed by atoms with van der Waals surface area (Å²) in [5.74, 6) is 2.70. The van der Waals surface area contributed by atoms with E-state index < -0.39 is 0 Å². The van der Waals surface area contributed by atoms with Crippen LogP contribution < -0.4 is 5.32 Å². The van der Waals surface area contributed by atoms with E-state index in [2.05, 4.69) is 53.8 Å². The Morgan fingerprint density at radius 1 is 0.929 bits per heavy atom. The summed E-state index contributed by atoms with van der Waals surface area (Å²) in [6.07, 6.45) is 1.08. The molecule has 0 fully saturated rings. The lowest BCUT2D eigenvalue weighted by Gasteiger charge is -2.45. The van der Waals surface area contributed by atoms with Gasteiger partial charge in [-0.05, 0) is 55.4 Å². The first kappa shape index (κ1) is 17.3. The Hall–Kier alpha value is -2.81. The van der Waals surface area contributed by atoms with Gasteiger partial charge in [-0.2, -0.15) is 0 Å². The summed E-state index contributed by atoms with van der Waals surface area (Å²) in [6, 6.07) is 17.7. The van der Waals surface area contributed by atoms with Crippen molar-refractivity contribution in [3.63, 3.8) is 0 Å². The van der Waals surface area contributed by atoms with Gasteiger partial charge in [-0.3, -0.25) is 4.79 Å². The maximum atomic E-state index is 12.9. The molecule has 1 aromatic heterocycles. The highest BCUT2D eigenvalue weighted by atomic mass is 16.3. The number of carbonyl (C=O) groups is 1. The fourth-order valence-corrected chi connectivity index (χ4v) is 5.40. The van der Waals surface area contributed by atoms with Crippen molar-refractivity contribution in [1.82, 2.24) is 5.32 Å². The van der Waals surface area contributed by atoms with Crippen LogP contribution in [-0.4, -0.2) is 12.5 Å². The molecule has 3 aliphatic carbocycles. The number of benzene rings is 2. The molecule has 0 saturated heterocycles. The van der Waals surface area contributed by atoms with E-state index in [1.165, 1.54) is 22.3 Å². The van der Waals surface area contributed by atoms with Crippen molar-refractivity contribution >= 4 is 5.91 Å². The molecule has 1 N–H and O–H groups in total. The van der Waals surface area contributed by atoms with Crippen molar-refractivity contribution in [2.75, 3.05) is 6.54 Å². The third kappa shape index (κ3) is 2.46. The molecule has 2 bridgehead atoms. The summed E-state index contributed by atoms with van der Waals surface area (Å²) < 4.78 is 5.64. The van der Waals surface area contributed by atoms with Gasteiger partial charge in [-0.25, -0.2) is 0 Å². The third-order valence-electron chi connectivity index (χ3n) is 6.74. The van der Waals surface area contributed by atoms with Gasteiger partial charge in [0, 0.05) is 23.9 Å². The highest BCUT2D eigenvalue weighted by Gasteiger charge is 2.42. The zero-order valence-electron chi connectivity index (χ0n) is 16.6. The molecule has 1 heterocycles. The number of hydrogen-bond donors (Lipinski definition) is 1. The molecule has 142 valence electrons. The number of aryl methyl sites for hydroxylation is 2. The molecule has 3 nitrogen and oxygen atoms in total. The van der Waals surface area contributed by atoms with E-state index in [4.69, 9.17) is 4.42 Å². The van der Waals surface area contributed by atoms with Crippen molar-refractivity contribution in [1.29, 1.82) is 0 Å². The highest BCUT2D eigenvalue weighted by molar-refractivity contribution is 5.96. The zero-order valence-corrected chi connectivity index (χ0v) is 16.6. The van der Waals surface area contributed by atoms with Gasteiger partial charge in [0.15, 0.2) is 0 Å². The van der Waals surface area contributed by atoms with Crippen molar-refractivity contribution in [2.24, 2.45) is 5.92 Å². The Morgan fingerprint density at radius 3 is 2.04 bits per heavy atom. The number of amides is 1. The van der Waals surface area contributed by atoms with Gasteiger partial charge in [-0.1, -0.05) is 48.5 Å². The topological polar surface area (TPSA) is 42.2 Å². The molecule has 0 saturated carbocycles. The second-order valence-electron chi connectivity index (χ2n) is 8.21. The Morgan fingerprint density at radius 2 is 1.50 bits per heavy atom. The summed E-state index contributed by atoms with van der Waals surface area (Å²) in [6.45, 7) is 6.42. The van der Waals surface area contributed by atoms with E-state index in [0.29, 0.717) is 35.6 Å². The molecule has 0 aliphatic heterocycles. The first-order chi connectivity index (χ1) is 13.6. The van der Waals surface area contributed by atoms with Gasteiger partial charge in [0.05, 0.1) is 5.56 Å². The monoisotopic (exact) mass is 371 g/mol. The Labute approximate surface area is 165 Å². The van der Waals surface area contributed by atoms with E-state index in [1.54, 1.807) is 0 Å². The van der Waals surface area contributed by atoms with E-state index in [-0.39, 0.29) is 5.91 Å². The molecular weight excluding hydrogens is 346 g/mol. The molecule has 0 spiro atoms. The van der Waals surface area contributed by atoms with Crippen LogP contribution in [0.15, 0.2) is 52.9 Å². The van der Waals surface area contributed by atoms with Gasteiger partial charge in [0.1, 0.15) is 11.5 Å². The molecule has 0 radical (unpaired) electrons. The fourth-order valence-electron chi connectivity index (χ4n) is 5.40. The van der Waals surface area contributed by atoms with Gasteiger partial charge >= 0.3 is 0 Å². The smallest absolute Gasteiger partial charge is 0.255 e. The lowest BCUT2D eigenvalue weighted by atomic mass is 9.59. The van der Waals surface area contributed by atoms with Gasteiger partial charge in [-0.15, -0.1) is 0 Å². The molecule has 1 unspecified atom stereocenters. The van der Waals surface area contributed by atoms with E-state index in [1.807, 2.05) is 20.8 Å². The third-order valence-corrected chi connectivity index (χ3v) is 6.74. The van der Waals surface area contributed by atoms with E-state index >= 15 is 0 Å². The fraction of sp³-hybridized carbons (Fsp3) is 0.320. The minimum atomic E-state index is -0.0186. The molecule has 2 aromatic carbocycles. The predicted molar refractivity (Wildman–Crippen MR) is 110 cm³/mol. The maximum Gasteiger partial charge on any atom is 0.255 e. The highest BCUT2D eigenvalue weighted by Crippen LogP contribution is 2.55. The Balaban J connectivity index is 1.44. The van der Waals surface area contributed by atoms with Crippen LogP contribution in [0.1, 0.15) is 68.0 Å². The first-order valence-corrected chi connectivity index (χ1v) is 10.1. The van der Waals surface area contributed by atoms with Crippen molar-refractivity contribution in [2.45, 2.75) is 39.0 Å². The van der Waals surface area contributed by atoms with E-state index in [0.717, 1.165) is 17.7 Å². The van der Waals surface area contributed by atoms with Crippen LogP contribution in [0.2, 0.25) is 0 Å². The number of fused-ring (bicyclic) bond motifs is 1. The van der Waals surface area contributed by atoms with Crippen LogP contribution in [0, 0.1) is 26.7 Å². The minimum absolute atomic E-state index is 0.0186. The molecule has 1 amide bonds. The number of rotatable bonds is 3. The summed E-state index contributed by atoms with van der Waals surface area (Å²) >= 11 is 0. The summed E-state index contributed by atoms with van der Waals surface area (Å²) in [5.41, 5.74) is 7.43. The second kappa shape index (κ2) is 6.37. The summed E-state index contributed by atoms with van der Waals surface area (Å²) in [7, 11) is 0. The van der Waals surface area contributed by atoms with Gasteiger partial charge in [0.25, 0.3) is 5.91 Å². The molecule has 6 rings (SSSR count). The molecule has 28 heavy (non-hydrogen) atoms. The van der Waals surface area contributed by atoms with Crippen molar-refractivity contribution < 1.29 is 9.21 Å². The normalized spacial score (nSPS) is 21.9. The van der Waals surface area contributed by atoms with E-state index in [9.17, 15) is 4.79 Å². The van der Waals surface area contributed by atoms with Crippen LogP contribution >= 0.6 is 0 Å². The Bertz CT molecular complexity index is 1030. The van der Waals surface area contributed by atoms with Crippen LogP contribution in [0.5, 0.6) is 0 Å². The number of nitrogens with one attached hydrogen (secondary N) is 1. The molecule has 3 heteroatoms. The molecule has 3 aliphatic rings. The summed E-state index contributed by atoms with van der Waals surface area (Å²) in [4.78, 5) is 12.9. The van der Waals surface area contributed by atoms with Crippen molar-refractivity contribution in [3.8, 4) is 0 Å². The van der Waals surface area contributed by atoms with Crippen LogP contribution in [0.3, 0.4) is 0 Å². The second-order valence-corrected chi connectivity index (χ2v) is 8.21. The largest absolute Gasteiger partial charge is 0.466 e. The maximum absolute atomic E-state index is 12.9.